The van der Waals surface area contributed by atoms with E-state index in [1.54, 1.807) is 0 Å². The first-order valence-corrected chi connectivity index (χ1v) is 6.94. The van der Waals surface area contributed by atoms with Crippen molar-refractivity contribution in [1.82, 2.24) is 5.32 Å². The molecule has 19 heavy (non-hydrogen) atoms. The SMILES string of the molecule is CC1C[C@H](C(=O)NC2CC(O)C2(C)C)[C@H](C(=O)O)C1. The summed E-state index contributed by atoms with van der Waals surface area (Å²) in [6.45, 7) is 5.82. The molecule has 0 spiro atoms. The van der Waals surface area contributed by atoms with Gasteiger partial charge >= 0.3 is 5.97 Å². The van der Waals surface area contributed by atoms with E-state index in [0.29, 0.717) is 19.3 Å². The van der Waals surface area contributed by atoms with Gasteiger partial charge in [-0.05, 0) is 25.2 Å². The lowest BCUT2D eigenvalue weighted by molar-refractivity contribution is -0.147. The Labute approximate surface area is 113 Å². The molecule has 5 nitrogen and oxygen atoms in total. The largest absolute Gasteiger partial charge is 0.481 e. The van der Waals surface area contributed by atoms with Crippen LogP contribution in [0, 0.1) is 23.2 Å². The number of hydrogen-bond donors (Lipinski definition) is 3. The molecular formula is C14H23NO4. The van der Waals surface area contributed by atoms with Crippen molar-refractivity contribution in [2.45, 2.75) is 52.2 Å². The Hall–Kier alpha value is -1.10. The lowest BCUT2D eigenvalue weighted by atomic mass is 9.64. The molecule has 3 N–H and O–H groups in total. The van der Waals surface area contributed by atoms with Gasteiger partial charge < -0.3 is 15.5 Å². The Kier molecular flexibility index (Phi) is 3.60. The third kappa shape index (κ3) is 2.48. The van der Waals surface area contributed by atoms with Crippen molar-refractivity contribution in [1.29, 1.82) is 0 Å². The molecule has 2 aliphatic carbocycles. The summed E-state index contributed by atoms with van der Waals surface area (Å²) in [5, 5.41) is 21.8. The number of nitrogens with one attached hydrogen (secondary N) is 1. The van der Waals surface area contributed by atoms with Crippen LogP contribution in [0.1, 0.15) is 40.0 Å². The standard InChI is InChI=1S/C14H23NO4/c1-7-4-8(9(5-7)13(18)19)12(17)15-10-6-11(16)14(10,2)3/h7-11,16H,4-6H2,1-3H3,(H,15,17)(H,18,19)/t7?,8-,9+,10?,11?/m0/s1. The summed E-state index contributed by atoms with van der Waals surface area (Å²) in [6.07, 6.45) is 1.37. The van der Waals surface area contributed by atoms with Crippen LogP contribution < -0.4 is 5.32 Å². The molecule has 0 bridgehead atoms. The molecule has 0 aromatic carbocycles. The van der Waals surface area contributed by atoms with E-state index < -0.39 is 23.9 Å². The van der Waals surface area contributed by atoms with Crippen LogP contribution in [-0.4, -0.2) is 34.2 Å². The summed E-state index contributed by atoms with van der Waals surface area (Å²) in [6, 6.07) is -0.0552. The Balaban J connectivity index is 1.98. The highest BCUT2D eigenvalue weighted by Crippen LogP contribution is 2.42. The highest BCUT2D eigenvalue weighted by Gasteiger charge is 2.49. The number of rotatable bonds is 3. The zero-order valence-electron chi connectivity index (χ0n) is 11.7. The van der Waals surface area contributed by atoms with Gasteiger partial charge in [-0.15, -0.1) is 0 Å². The van der Waals surface area contributed by atoms with E-state index in [-0.39, 0.29) is 23.3 Å². The van der Waals surface area contributed by atoms with E-state index in [4.69, 9.17) is 0 Å². The molecule has 0 aromatic heterocycles. The first-order chi connectivity index (χ1) is 8.73. The fourth-order valence-electron chi connectivity index (χ4n) is 3.28. The van der Waals surface area contributed by atoms with E-state index >= 15 is 0 Å². The number of carboxylic acids is 1. The van der Waals surface area contributed by atoms with Gasteiger partial charge in [0.15, 0.2) is 0 Å². The topological polar surface area (TPSA) is 86.6 Å². The van der Waals surface area contributed by atoms with E-state index in [0.717, 1.165) is 0 Å². The molecule has 0 aromatic rings. The summed E-state index contributed by atoms with van der Waals surface area (Å²) < 4.78 is 0. The average Bonchev–Trinajstić information content (AvgIpc) is 2.71. The first kappa shape index (κ1) is 14.3. The summed E-state index contributed by atoms with van der Waals surface area (Å²) in [5.74, 6) is -1.76. The van der Waals surface area contributed by atoms with E-state index in [1.807, 2.05) is 20.8 Å². The molecule has 2 rings (SSSR count). The molecule has 0 heterocycles. The number of aliphatic hydroxyl groups is 1. The molecule has 2 aliphatic rings. The van der Waals surface area contributed by atoms with Gasteiger partial charge in [-0.1, -0.05) is 20.8 Å². The monoisotopic (exact) mass is 269 g/mol. The lowest BCUT2D eigenvalue weighted by Crippen LogP contribution is -2.62. The van der Waals surface area contributed by atoms with Gasteiger partial charge in [0.25, 0.3) is 0 Å². The van der Waals surface area contributed by atoms with Gasteiger partial charge in [-0.3, -0.25) is 9.59 Å². The second kappa shape index (κ2) is 4.78. The van der Waals surface area contributed by atoms with Crippen LogP contribution >= 0.6 is 0 Å². The quantitative estimate of drug-likeness (QED) is 0.713. The van der Waals surface area contributed by atoms with E-state index in [9.17, 15) is 19.8 Å². The molecule has 5 heteroatoms. The van der Waals surface area contributed by atoms with Gasteiger partial charge in [0.1, 0.15) is 0 Å². The minimum absolute atomic E-state index is 0.0552. The lowest BCUT2D eigenvalue weighted by Gasteiger charge is -2.49. The molecule has 5 atom stereocenters. The Bertz CT molecular complexity index is 393. The molecule has 1 amide bonds. The number of aliphatic carboxylic acids is 1. The Morgan fingerprint density at radius 3 is 2.21 bits per heavy atom. The maximum atomic E-state index is 12.2. The van der Waals surface area contributed by atoms with Crippen molar-refractivity contribution < 1.29 is 19.8 Å². The average molecular weight is 269 g/mol. The van der Waals surface area contributed by atoms with Crippen molar-refractivity contribution in [3.05, 3.63) is 0 Å². The van der Waals surface area contributed by atoms with Crippen LogP contribution in [0.2, 0.25) is 0 Å². The molecule has 2 saturated carbocycles. The van der Waals surface area contributed by atoms with Crippen LogP contribution in [-0.2, 0) is 9.59 Å². The maximum absolute atomic E-state index is 12.2. The van der Waals surface area contributed by atoms with Crippen molar-refractivity contribution in [3.8, 4) is 0 Å². The number of carbonyl (C=O) groups excluding carboxylic acids is 1. The smallest absolute Gasteiger partial charge is 0.307 e. The normalized spacial score (nSPS) is 40.5. The number of aliphatic hydroxyl groups excluding tert-OH is 1. The van der Waals surface area contributed by atoms with Gasteiger partial charge in [-0.2, -0.15) is 0 Å². The maximum Gasteiger partial charge on any atom is 0.307 e. The van der Waals surface area contributed by atoms with Gasteiger partial charge in [0.05, 0.1) is 17.9 Å². The Morgan fingerprint density at radius 2 is 1.74 bits per heavy atom. The number of carboxylic acid groups (broad SMARTS) is 1. The minimum Gasteiger partial charge on any atom is -0.481 e. The summed E-state index contributed by atoms with van der Waals surface area (Å²) in [7, 11) is 0. The van der Waals surface area contributed by atoms with Gasteiger partial charge in [0.2, 0.25) is 5.91 Å². The van der Waals surface area contributed by atoms with Crippen molar-refractivity contribution in [2.75, 3.05) is 0 Å². The summed E-state index contributed by atoms with van der Waals surface area (Å²) in [4.78, 5) is 23.4. The third-order valence-corrected chi connectivity index (χ3v) is 4.98. The zero-order valence-corrected chi connectivity index (χ0v) is 11.7. The van der Waals surface area contributed by atoms with E-state index in [2.05, 4.69) is 5.32 Å². The predicted octanol–water partition coefficient (Wildman–Crippen LogP) is 1.01. The summed E-state index contributed by atoms with van der Waals surface area (Å²) in [5.41, 5.74) is -0.321. The molecule has 0 radical (unpaired) electrons. The Morgan fingerprint density at radius 1 is 1.16 bits per heavy atom. The number of amides is 1. The number of hydrogen-bond acceptors (Lipinski definition) is 3. The second-order valence-corrected chi connectivity index (χ2v) is 6.76. The van der Waals surface area contributed by atoms with E-state index in [1.165, 1.54) is 0 Å². The second-order valence-electron chi connectivity index (χ2n) is 6.76. The van der Waals surface area contributed by atoms with Gasteiger partial charge in [-0.25, -0.2) is 0 Å². The van der Waals surface area contributed by atoms with Crippen LogP contribution in [0.25, 0.3) is 0 Å². The highest BCUT2D eigenvalue weighted by atomic mass is 16.4. The predicted molar refractivity (Wildman–Crippen MR) is 69.3 cm³/mol. The minimum atomic E-state index is -0.877. The number of carbonyl (C=O) groups is 2. The molecule has 108 valence electrons. The van der Waals surface area contributed by atoms with Crippen molar-refractivity contribution in [2.24, 2.45) is 23.2 Å². The van der Waals surface area contributed by atoms with Crippen molar-refractivity contribution in [3.63, 3.8) is 0 Å². The van der Waals surface area contributed by atoms with Gasteiger partial charge in [0, 0.05) is 11.5 Å². The molecule has 0 aliphatic heterocycles. The molecular weight excluding hydrogens is 246 g/mol. The summed E-state index contributed by atoms with van der Waals surface area (Å²) >= 11 is 0. The molecule has 0 saturated heterocycles. The highest BCUT2D eigenvalue weighted by molar-refractivity contribution is 5.85. The van der Waals surface area contributed by atoms with Crippen LogP contribution in [0.15, 0.2) is 0 Å². The van der Waals surface area contributed by atoms with Crippen molar-refractivity contribution >= 4 is 11.9 Å². The third-order valence-electron chi connectivity index (χ3n) is 4.98. The van der Waals surface area contributed by atoms with Crippen LogP contribution in [0.5, 0.6) is 0 Å². The fraction of sp³-hybridized carbons (Fsp3) is 0.857. The van der Waals surface area contributed by atoms with Crippen LogP contribution in [0.3, 0.4) is 0 Å². The molecule has 2 fully saturated rings. The molecule has 3 unspecified atom stereocenters. The fourth-order valence-corrected chi connectivity index (χ4v) is 3.28. The first-order valence-electron chi connectivity index (χ1n) is 6.94. The van der Waals surface area contributed by atoms with Crippen LogP contribution in [0.4, 0.5) is 0 Å². The zero-order chi connectivity index (χ0) is 14.4.